The smallest absolute Gasteiger partial charge is 0.262 e. The topological polar surface area (TPSA) is 89.2 Å². The predicted octanol–water partition coefficient (Wildman–Crippen LogP) is 1.37. The van der Waals surface area contributed by atoms with Gasteiger partial charge in [0.15, 0.2) is 0 Å². The van der Waals surface area contributed by atoms with Crippen LogP contribution in [0.3, 0.4) is 0 Å². The molecule has 2 aromatic heterocycles. The molecule has 0 atom stereocenters. The molecule has 3 aromatic rings. The van der Waals surface area contributed by atoms with Gasteiger partial charge in [-0.3, -0.25) is 9.89 Å². The van der Waals surface area contributed by atoms with E-state index in [0.717, 1.165) is 60.5 Å². The molecule has 0 bridgehead atoms. The van der Waals surface area contributed by atoms with Crippen LogP contribution in [0.4, 0.5) is 5.69 Å². The van der Waals surface area contributed by atoms with E-state index in [1.807, 2.05) is 17.6 Å². The molecule has 1 saturated heterocycles. The average Bonchev–Trinajstić information content (AvgIpc) is 3.04. The van der Waals surface area contributed by atoms with Gasteiger partial charge in [-0.15, -0.1) is 0 Å². The van der Waals surface area contributed by atoms with Crippen LogP contribution in [0.2, 0.25) is 0 Å². The van der Waals surface area contributed by atoms with Crippen molar-refractivity contribution in [1.29, 1.82) is 0 Å². The van der Waals surface area contributed by atoms with Crippen molar-refractivity contribution in [1.82, 2.24) is 14.8 Å². The molecule has 1 aliphatic heterocycles. The van der Waals surface area contributed by atoms with Crippen molar-refractivity contribution in [3.05, 3.63) is 34.2 Å². The van der Waals surface area contributed by atoms with Crippen molar-refractivity contribution in [2.75, 3.05) is 37.7 Å². The Hall–Kier alpha value is -2.38. The van der Waals surface area contributed by atoms with Gasteiger partial charge in [0, 0.05) is 36.4 Å². The van der Waals surface area contributed by atoms with Gasteiger partial charge in [-0.25, -0.2) is 0 Å². The molecule has 1 aliphatic rings. The molecule has 7 heteroatoms. The third kappa shape index (κ3) is 2.69. The van der Waals surface area contributed by atoms with E-state index >= 15 is 0 Å². The lowest BCUT2D eigenvalue weighted by molar-refractivity contribution is 0.122. The van der Waals surface area contributed by atoms with E-state index in [2.05, 4.69) is 27.2 Å². The molecule has 1 aromatic carbocycles. The minimum Gasteiger partial charge on any atom is -0.378 e. The summed E-state index contributed by atoms with van der Waals surface area (Å²) >= 11 is 0. The van der Waals surface area contributed by atoms with Crippen molar-refractivity contribution in [3.63, 3.8) is 0 Å². The number of aromatic amines is 1. The van der Waals surface area contributed by atoms with E-state index in [-0.39, 0.29) is 5.56 Å². The number of hydrogen-bond acceptors (Lipinski definition) is 5. The van der Waals surface area contributed by atoms with Crippen molar-refractivity contribution in [2.24, 2.45) is 5.73 Å². The van der Waals surface area contributed by atoms with Crippen LogP contribution >= 0.6 is 0 Å². The molecule has 25 heavy (non-hydrogen) atoms. The molecular weight excluding hydrogens is 318 g/mol. The van der Waals surface area contributed by atoms with E-state index in [9.17, 15) is 4.79 Å². The fourth-order valence-corrected chi connectivity index (χ4v) is 3.57. The van der Waals surface area contributed by atoms with Crippen LogP contribution in [0.1, 0.15) is 12.1 Å². The fourth-order valence-electron chi connectivity index (χ4n) is 3.57. The van der Waals surface area contributed by atoms with E-state index in [4.69, 9.17) is 10.5 Å². The highest BCUT2D eigenvalue weighted by atomic mass is 16.5. The van der Waals surface area contributed by atoms with Gasteiger partial charge in [0.25, 0.3) is 5.56 Å². The zero-order chi connectivity index (χ0) is 17.4. The highest BCUT2D eigenvalue weighted by Crippen LogP contribution is 2.28. The number of morpholine rings is 1. The normalized spacial score (nSPS) is 15.4. The first-order valence-electron chi connectivity index (χ1n) is 8.74. The molecule has 132 valence electrons. The second-order valence-electron chi connectivity index (χ2n) is 6.47. The Morgan fingerprint density at radius 3 is 2.88 bits per heavy atom. The van der Waals surface area contributed by atoms with Gasteiger partial charge in [0.2, 0.25) is 0 Å². The van der Waals surface area contributed by atoms with Gasteiger partial charge in [0.1, 0.15) is 5.52 Å². The summed E-state index contributed by atoms with van der Waals surface area (Å²) in [6, 6.07) is 6.25. The summed E-state index contributed by atoms with van der Waals surface area (Å²) in [4.78, 5) is 15.3. The highest BCUT2D eigenvalue weighted by Gasteiger charge is 2.17. The maximum atomic E-state index is 13.0. The fraction of sp³-hybridized carbons (Fsp3) is 0.444. The second-order valence-corrected chi connectivity index (χ2v) is 6.47. The van der Waals surface area contributed by atoms with Gasteiger partial charge in [-0.2, -0.15) is 5.10 Å². The Bertz CT molecular complexity index is 969. The van der Waals surface area contributed by atoms with Crippen molar-refractivity contribution in [3.8, 4) is 0 Å². The molecule has 4 rings (SSSR count). The van der Waals surface area contributed by atoms with Gasteiger partial charge in [0.05, 0.1) is 24.1 Å². The Morgan fingerprint density at radius 1 is 1.32 bits per heavy atom. The number of pyridine rings is 1. The van der Waals surface area contributed by atoms with Crippen LogP contribution in [0, 0.1) is 6.92 Å². The van der Waals surface area contributed by atoms with E-state index in [1.54, 1.807) is 0 Å². The van der Waals surface area contributed by atoms with Gasteiger partial charge in [-0.1, -0.05) is 0 Å². The Balaban J connectivity index is 1.95. The Morgan fingerprint density at radius 2 is 2.12 bits per heavy atom. The number of H-pyrrole nitrogens is 1. The van der Waals surface area contributed by atoms with Gasteiger partial charge in [-0.05, 0) is 38.1 Å². The summed E-state index contributed by atoms with van der Waals surface area (Å²) in [6.45, 7) is 6.30. The average molecular weight is 341 g/mol. The molecule has 0 spiro atoms. The van der Waals surface area contributed by atoms with Gasteiger partial charge < -0.3 is 19.9 Å². The molecule has 0 unspecified atom stereocenters. The highest BCUT2D eigenvalue weighted by molar-refractivity contribution is 6.05. The third-order valence-electron chi connectivity index (χ3n) is 4.89. The monoisotopic (exact) mass is 341 g/mol. The summed E-state index contributed by atoms with van der Waals surface area (Å²) in [5, 5.41) is 9.05. The number of fused-ring (bicyclic) bond motifs is 3. The zero-order valence-electron chi connectivity index (χ0n) is 14.4. The molecular formula is C18H23N5O2. The van der Waals surface area contributed by atoms with Gasteiger partial charge >= 0.3 is 0 Å². The van der Waals surface area contributed by atoms with Crippen LogP contribution in [0.15, 0.2) is 23.0 Å². The van der Waals surface area contributed by atoms with Crippen LogP contribution in [0.25, 0.3) is 21.8 Å². The first-order chi connectivity index (χ1) is 12.2. The summed E-state index contributed by atoms with van der Waals surface area (Å²) in [5.41, 5.74) is 9.27. The molecule has 0 saturated carbocycles. The first-order valence-corrected chi connectivity index (χ1v) is 8.74. The molecule has 3 N–H and O–H groups in total. The molecule has 0 aliphatic carbocycles. The standard InChI is InChI=1S/C18H23N5O2/c1-12-16-17(21-20-12)14-11-13(22-7-9-25-10-8-22)3-4-15(14)23(18(16)24)6-2-5-19/h3-4,11H,2,5-10,19H2,1H3,(H,20,21). The number of rotatable bonds is 4. The number of nitrogens with two attached hydrogens (primary N) is 1. The van der Waals surface area contributed by atoms with Crippen LogP contribution in [-0.2, 0) is 11.3 Å². The summed E-state index contributed by atoms with van der Waals surface area (Å²) < 4.78 is 7.27. The van der Waals surface area contributed by atoms with Crippen LogP contribution < -0.4 is 16.2 Å². The first kappa shape index (κ1) is 16.1. The minimum atomic E-state index is 0.00122. The number of aromatic nitrogens is 3. The Kier molecular flexibility index (Phi) is 4.19. The lowest BCUT2D eigenvalue weighted by Gasteiger charge is -2.29. The maximum Gasteiger partial charge on any atom is 0.262 e. The summed E-state index contributed by atoms with van der Waals surface area (Å²) in [5.74, 6) is 0. The lowest BCUT2D eigenvalue weighted by Crippen LogP contribution is -2.36. The maximum absolute atomic E-state index is 13.0. The largest absolute Gasteiger partial charge is 0.378 e. The number of benzene rings is 1. The SMILES string of the molecule is Cc1[nH]nc2c1c(=O)n(CCCN)c1ccc(N3CCOCC3)cc21. The van der Waals surface area contributed by atoms with Crippen LogP contribution in [0.5, 0.6) is 0 Å². The summed E-state index contributed by atoms with van der Waals surface area (Å²) in [6.07, 6.45) is 0.766. The zero-order valence-corrected chi connectivity index (χ0v) is 14.4. The van der Waals surface area contributed by atoms with Crippen LogP contribution in [-0.4, -0.2) is 47.6 Å². The number of nitrogens with one attached hydrogen (secondary N) is 1. The van der Waals surface area contributed by atoms with E-state index in [1.165, 1.54) is 0 Å². The summed E-state index contributed by atoms with van der Waals surface area (Å²) in [7, 11) is 0. The molecule has 0 amide bonds. The Labute approximate surface area is 145 Å². The quantitative estimate of drug-likeness (QED) is 0.748. The van der Waals surface area contributed by atoms with Crippen molar-refractivity contribution in [2.45, 2.75) is 19.9 Å². The third-order valence-corrected chi connectivity index (χ3v) is 4.89. The van der Waals surface area contributed by atoms with E-state index < -0.39 is 0 Å². The van der Waals surface area contributed by atoms with Crippen molar-refractivity contribution >= 4 is 27.5 Å². The predicted molar refractivity (Wildman–Crippen MR) is 99.3 cm³/mol. The number of hydrogen-bond donors (Lipinski definition) is 2. The van der Waals surface area contributed by atoms with Crippen molar-refractivity contribution < 1.29 is 4.74 Å². The van der Waals surface area contributed by atoms with E-state index in [0.29, 0.717) is 18.5 Å². The number of aryl methyl sites for hydroxylation is 2. The number of nitrogens with zero attached hydrogens (tertiary/aromatic N) is 3. The second kappa shape index (κ2) is 6.50. The molecule has 7 nitrogen and oxygen atoms in total. The molecule has 3 heterocycles. The minimum absolute atomic E-state index is 0.00122. The number of ether oxygens (including phenoxy) is 1. The molecule has 1 fully saturated rings. The number of anilines is 1. The molecule has 0 radical (unpaired) electrons. The lowest BCUT2D eigenvalue weighted by atomic mass is 10.1.